The molecule has 2 rings (SSSR count). The SMILES string of the molecule is COCc1cc(CN2CCCCC2C(=O)O)no1. The Kier molecular flexibility index (Phi) is 4.33. The molecule has 1 saturated heterocycles. The molecule has 2 heterocycles. The summed E-state index contributed by atoms with van der Waals surface area (Å²) in [6.07, 6.45) is 2.71. The van der Waals surface area contributed by atoms with Crippen LogP contribution in [0.1, 0.15) is 30.7 Å². The van der Waals surface area contributed by atoms with Crippen molar-refractivity contribution in [2.45, 2.75) is 38.5 Å². The predicted molar refractivity (Wildman–Crippen MR) is 62.9 cm³/mol. The van der Waals surface area contributed by atoms with Gasteiger partial charge < -0.3 is 14.4 Å². The van der Waals surface area contributed by atoms with E-state index in [4.69, 9.17) is 9.26 Å². The fraction of sp³-hybridized carbons (Fsp3) is 0.667. The molecule has 0 saturated carbocycles. The highest BCUT2D eigenvalue weighted by atomic mass is 16.5. The van der Waals surface area contributed by atoms with Gasteiger partial charge in [-0.25, -0.2) is 0 Å². The fourth-order valence-corrected chi connectivity index (χ4v) is 2.31. The van der Waals surface area contributed by atoms with E-state index >= 15 is 0 Å². The maximum Gasteiger partial charge on any atom is 0.320 e. The van der Waals surface area contributed by atoms with Crippen molar-refractivity contribution in [3.8, 4) is 0 Å². The van der Waals surface area contributed by atoms with E-state index in [-0.39, 0.29) is 0 Å². The first-order valence-corrected chi connectivity index (χ1v) is 6.11. The standard InChI is InChI=1S/C12H18N2O4/c1-17-8-10-6-9(13-18-10)7-14-5-3-2-4-11(14)12(15)16/h6,11H,2-5,7-8H2,1H3,(H,15,16). The van der Waals surface area contributed by atoms with E-state index in [0.29, 0.717) is 25.3 Å². The number of hydrogen-bond donors (Lipinski definition) is 1. The average Bonchev–Trinajstić information content (AvgIpc) is 2.77. The molecule has 0 radical (unpaired) electrons. The molecule has 1 fully saturated rings. The molecule has 0 bridgehead atoms. The number of carbonyl (C=O) groups is 1. The summed E-state index contributed by atoms with van der Waals surface area (Å²) in [5.74, 6) is -0.0910. The lowest BCUT2D eigenvalue weighted by Gasteiger charge is -2.31. The number of rotatable bonds is 5. The average molecular weight is 254 g/mol. The first kappa shape index (κ1) is 13.0. The van der Waals surface area contributed by atoms with Crippen LogP contribution in [0.3, 0.4) is 0 Å². The second-order valence-electron chi connectivity index (χ2n) is 4.54. The quantitative estimate of drug-likeness (QED) is 0.852. The largest absolute Gasteiger partial charge is 0.480 e. The van der Waals surface area contributed by atoms with Gasteiger partial charge in [0.15, 0.2) is 5.76 Å². The van der Waals surface area contributed by atoms with Crippen LogP contribution in [-0.4, -0.2) is 40.8 Å². The fourth-order valence-electron chi connectivity index (χ4n) is 2.31. The molecule has 0 aromatic carbocycles. The number of aliphatic carboxylic acids is 1. The molecule has 0 aliphatic carbocycles. The van der Waals surface area contributed by atoms with Crippen molar-refractivity contribution in [1.29, 1.82) is 0 Å². The van der Waals surface area contributed by atoms with Crippen LogP contribution >= 0.6 is 0 Å². The lowest BCUT2D eigenvalue weighted by atomic mass is 10.0. The summed E-state index contributed by atoms with van der Waals surface area (Å²) < 4.78 is 10.0. The molecule has 6 nitrogen and oxygen atoms in total. The molecule has 0 spiro atoms. The third kappa shape index (κ3) is 3.08. The summed E-state index contributed by atoms with van der Waals surface area (Å²) in [6, 6.07) is 1.41. The Morgan fingerprint density at radius 1 is 1.67 bits per heavy atom. The Morgan fingerprint density at radius 2 is 2.50 bits per heavy atom. The smallest absolute Gasteiger partial charge is 0.320 e. The van der Waals surface area contributed by atoms with Crippen LogP contribution in [0.4, 0.5) is 0 Å². The zero-order valence-corrected chi connectivity index (χ0v) is 10.5. The summed E-state index contributed by atoms with van der Waals surface area (Å²) in [6.45, 7) is 1.70. The minimum absolute atomic E-state index is 0.384. The summed E-state index contributed by atoms with van der Waals surface area (Å²) in [5.41, 5.74) is 0.759. The molecule has 0 amide bonds. The first-order valence-electron chi connectivity index (χ1n) is 6.11. The summed E-state index contributed by atoms with van der Waals surface area (Å²) >= 11 is 0. The third-order valence-electron chi connectivity index (χ3n) is 3.16. The van der Waals surface area contributed by atoms with Crippen LogP contribution in [0.2, 0.25) is 0 Å². The number of ether oxygens (including phenoxy) is 1. The van der Waals surface area contributed by atoms with E-state index in [1.54, 1.807) is 7.11 Å². The Labute approximate surface area is 106 Å². The minimum Gasteiger partial charge on any atom is -0.480 e. The van der Waals surface area contributed by atoms with E-state index in [1.807, 2.05) is 11.0 Å². The zero-order valence-electron chi connectivity index (χ0n) is 10.5. The first-order chi connectivity index (χ1) is 8.70. The summed E-state index contributed by atoms with van der Waals surface area (Å²) in [5, 5.41) is 13.1. The number of hydrogen-bond acceptors (Lipinski definition) is 5. The van der Waals surface area contributed by atoms with Crippen molar-refractivity contribution in [3.05, 3.63) is 17.5 Å². The molecule has 1 aromatic rings. The second-order valence-corrected chi connectivity index (χ2v) is 4.54. The normalized spacial score (nSPS) is 21.1. The van der Waals surface area contributed by atoms with Crippen molar-refractivity contribution >= 4 is 5.97 Å². The Hall–Kier alpha value is -1.40. The molecule has 100 valence electrons. The van der Waals surface area contributed by atoms with Gasteiger partial charge >= 0.3 is 5.97 Å². The van der Waals surface area contributed by atoms with E-state index in [9.17, 15) is 9.90 Å². The van der Waals surface area contributed by atoms with Gasteiger partial charge in [0, 0.05) is 19.7 Å². The molecule has 18 heavy (non-hydrogen) atoms. The highest BCUT2D eigenvalue weighted by Crippen LogP contribution is 2.20. The van der Waals surface area contributed by atoms with Crippen LogP contribution in [0.15, 0.2) is 10.6 Å². The molecule has 1 aromatic heterocycles. The van der Waals surface area contributed by atoms with Crippen molar-refractivity contribution in [2.24, 2.45) is 0 Å². The monoisotopic (exact) mass is 254 g/mol. The summed E-state index contributed by atoms with van der Waals surface area (Å²) in [4.78, 5) is 13.1. The van der Waals surface area contributed by atoms with Crippen molar-refractivity contribution < 1.29 is 19.2 Å². The molecular weight excluding hydrogens is 236 g/mol. The Morgan fingerprint density at radius 3 is 3.22 bits per heavy atom. The van der Waals surface area contributed by atoms with Gasteiger partial charge in [-0.15, -0.1) is 0 Å². The van der Waals surface area contributed by atoms with Crippen molar-refractivity contribution in [3.63, 3.8) is 0 Å². The predicted octanol–water partition coefficient (Wildman–Crippen LogP) is 1.26. The van der Waals surface area contributed by atoms with E-state index < -0.39 is 12.0 Å². The number of piperidine rings is 1. The van der Waals surface area contributed by atoms with E-state index in [0.717, 1.165) is 25.1 Å². The Bertz CT molecular complexity index is 405. The number of carboxylic acids is 1. The minimum atomic E-state index is -0.754. The summed E-state index contributed by atoms with van der Waals surface area (Å²) in [7, 11) is 1.59. The van der Waals surface area contributed by atoms with Crippen LogP contribution in [-0.2, 0) is 22.7 Å². The molecular formula is C12H18N2O4. The van der Waals surface area contributed by atoms with Gasteiger partial charge in [-0.2, -0.15) is 0 Å². The van der Waals surface area contributed by atoms with Crippen molar-refractivity contribution in [1.82, 2.24) is 10.1 Å². The van der Waals surface area contributed by atoms with Gasteiger partial charge in [-0.05, 0) is 19.4 Å². The van der Waals surface area contributed by atoms with Gasteiger partial charge in [-0.3, -0.25) is 9.69 Å². The van der Waals surface area contributed by atoms with Crippen molar-refractivity contribution in [2.75, 3.05) is 13.7 Å². The van der Waals surface area contributed by atoms with Gasteiger partial charge in [0.1, 0.15) is 12.6 Å². The highest BCUT2D eigenvalue weighted by Gasteiger charge is 2.28. The number of methoxy groups -OCH3 is 1. The maximum atomic E-state index is 11.2. The topological polar surface area (TPSA) is 75.8 Å². The molecule has 1 aliphatic heterocycles. The number of carboxylic acid groups (broad SMARTS) is 1. The van der Waals surface area contributed by atoms with Crippen LogP contribution in [0.5, 0.6) is 0 Å². The number of aromatic nitrogens is 1. The van der Waals surface area contributed by atoms with E-state index in [1.165, 1.54) is 0 Å². The highest BCUT2D eigenvalue weighted by molar-refractivity contribution is 5.73. The van der Waals surface area contributed by atoms with Crippen LogP contribution in [0.25, 0.3) is 0 Å². The third-order valence-corrected chi connectivity index (χ3v) is 3.16. The zero-order chi connectivity index (χ0) is 13.0. The molecule has 6 heteroatoms. The van der Waals surface area contributed by atoms with Gasteiger partial charge in [0.05, 0.1) is 5.69 Å². The second kappa shape index (κ2) is 5.97. The van der Waals surface area contributed by atoms with Crippen LogP contribution < -0.4 is 0 Å². The maximum absolute atomic E-state index is 11.2. The Balaban J connectivity index is 1.99. The number of likely N-dealkylation sites (tertiary alicyclic amines) is 1. The van der Waals surface area contributed by atoms with Crippen LogP contribution in [0, 0.1) is 0 Å². The molecule has 1 aliphatic rings. The molecule has 1 unspecified atom stereocenters. The molecule has 1 atom stereocenters. The van der Waals surface area contributed by atoms with Gasteiger partial charge in [0.2, 0.25) is 0 Å². The van der Waals surface area contributed by atoms with Gasteiger partial charge in [-0.1, -0.05) is 11.6 Å². The van der Waals surface area contributed by atoms with E-state index in [2.05, 4.69) is 5.16 Å². The number of nitrogens with zero attached hydrogens (tertiary/aromatic N) is 2. The lowest BCUT2D eigenvalue weighted by molar-refractivity contribution is -0.144. The van der Waals surface area contributed by atoms with Gasteiger partial charge in [0.25, 0.3) is 0 Å². The lowest BCUT2D eigenvalue weighted by Crippen LogP contribution is -2.44. The molecule has 1 N–H and O–H groups in total.